The first-order valence-corrected chi connectivity index (χ1v) is 7.80. The summed E-state index contributed by atoms with van der Waals surface area (Å²) >= 11 is 1.70. The molecule has 1 aliphatic carbocycles. The standard InChI is InChI=1S/C14H24N2O2S/c1-17-10-11-12(9-15)19-13(16-11)14(18-2)7-5-3-4-6-8-14/h3-10,15H2,1-2H3. The fourth-order valence-corrected chi connectivity index (χ4v) is 3.96. The van der Waals surface area contributed by atoms with Gasteiger partial charge in [0.2, 0.25) is 0 Å². The SMILES string of the molecule is COCc1nc(C2(OC)CCCCCC2)sc1CN. The third-order valence-corrected chi connectivity index (χ3v) is 5.24. The molecule has 2 rings (SSSR count). The topological polar surface area (TPSA) is 57.4 Å². The van der Waals surface area contributed by atoms with E-state index in [-0.39, 0.29) is 5.60 Å². The molecule has 0 bridgehead atoms. The van der Waals surface area contributed by atoms with E-state index in [9.17, 15) is 0 Å². The summed E-state index contributed by atoms with van der Waals surface area (Å²) in [6.07, 6.45) is 7.15. The number of methoxy groups -OCH3 is 2. The Labute approximate surface area is 119 Å². The molecule has 5 heteroatoms. The van der Waals surface area contributed by atoms with E-state index in [1.807, 2.05) is 7.11 Å². The molecule has 0 amide bonds. The van der Waals surface area contributed by atoms with Gasteiger partial charge < -0.3 is 15.2 Å². The van der Waals surface area contributed by atoms with Crippen molar-refractivity contribution >= 4 is 11.3 Å². The average molecular weight is 284 g/mol. The molecular formula is C14H24N2O2S. The van der Waals surface area contributed by atoms with Crippen molar-refractivity contribution in [2.24, 2.45) is 5.73 Å². The molecule has 0 aliphatic heterocycles. The van der Waals surface area contributed by atoms with Crippen LogP contribution in [0.5, 0.6) is 0 Å². The van der Waals surface area contributed by atoms with Gasteiger partial charge in [-0.2, -0.15) is 0 Å². The lowest BCUT2D eigenvalue weighted by molar-refractivity contribution is -0.0282. The number of ether oxygens (including phenoxy) is 2. The highest BCUT2D eigenvalue weighted by atomic mass is 32.1. The Hall–Kier alpha value is -0.490. The number of thiazole rings is 1. The lowest BCUT2D eigenvalue weighted by Gasteiger charge is -2.29. The summed E-state index contributed by atoms with van der Waals surface area (Å²) in [5.74, 6) is 0. The first-order valence-electron chi connectivity index (χ1n) is 6.99. The van der Waals surface area contributed by atoms with Gasteiger partial charge in [-0.25, -0.2) is 4.98 Å². The van der Waals surface area contributed by atoms with Gasteiger partial charge in [-0.1, -0.05) is 25.7 Å². The molecule has 1 heterocycles. The largest absolute Gasteiger partial charge is 0.378 e. The maximum absolute atomic E-state index is 5.90. The zero-order valence-corrected chi connectivity index (χ0v) is 12.7. The third kappa shape index (κ3) is 3.16. The predicted molar refractivity (Wildman–Crippen MR) is 77.1 cm³/mol. The van der Waals surface area contributed by atoms with Crippen LogP contribution in [0, 0.1) is 0 Å². The molecule has 19 heavy (non-hydrogen) atoms. The molecule has 1 aliphatic rings. The Kier molecular flexibility index (Phi) is 5.33. The minimum atomic E-state index is -0.197. The molecule has 1 saturated carbocycles. The number of rotatable bonds is 5. The van der Waals surface area contributed by atoms with Crippen molar-refractivity contribution in [2.75, 3.05) is 14.2 Å². The van der Waals surface area contributed by atoms with Gasteiger partial charge >= 0.3 is 0 Å². The molecule has 1 aromatic rings. The molecule has 108 valence electrons. The van der Waals surface area contributed by atoms with Crippen LogP contribution in [0.2, 0.25) is 0 Å². The molecule has 2 N–H and O–H groups in total. The van der Waals surface area contributed by atoms with Gasteiger partial charge in [-0.15, -0.1) is 11.3 Å². The minimum absolute atomic E-state index is 0.197. The van der Waals surface area contributed by atoms with Gasteiger partial charge in [-0.05, 0) is 12.8 Å². The van der Waals surface area contributed by atoms with Crippen LogP contribution in [0.15, 0.2) is 0 Å². The van der Waals surface area contributed by atoms with Crippen molar-refractivity contribution in [3.8, 4) is 0 Å². The maximum Gasteiger partial charge on any atom is 0.125 e. The molecule has 0 atom stereocenters. The first-order chi connectivity index (χ1) is 9.25. The van der Waals surface area contributed by atoms with E-state index >= 15 is 0 Å². The van der Waals surface area contributed by atoms with E-state index in [1.54, 1.807) is 18.4 Å². The minimum Gasteiger partial charge on any atom is -0.378 e. The number of aromatic nitrogens is 1. The molecule has 0 radical (unpaired) electrons. The quantitative estimate of drug-likeness (QED) is 0.845. The Bertz CT molecular complexity index is 398. The van der Waals surface area contributed by atoms with Gasteiger partial charge in [-0.3, -0.25) is 0 Å². The molecule has 1 aromatic heterocycles. The predicted octanol–water partition coefficient (Wildman–Crippen LogP) is 2.94. The number of hydrogen-bond donors (Lipinski definition) is 1. The van der Waals surface area contributed by atoms with Crippen LogP contribution in [0.1, 0.15) is 54.1 Å². The van der Waals surface area contributed by atoms with Crippen molar-refractivity contribution in [1.29, 1.82) is 0 Å². The van der Waals surface area contributed by atoms with E-state index < -0.39 is 0 Å². The molecule has 0 spiro atoms. The van der Waals surface area contributed by atoms with Crippen LogP contribution in [0.25, 0.3) is 0 Å². The van der Waals surface area contributed by atoms with Crippen LogP contribution in [0.3, 0.4) is 0 Å². The summed E-state index contributed by atoms with van der Waals surface area (Å²) in [5.41, 5.74) is 6.59. The second kappa shape index (κ2) is 6.79. The van der Waals surface area contributed by atoms with E-state index in [4.69, 9.17) is 20.2 Å². The van der Waals surface area contributed by atoms with Crippen molar-refractivity contribution in [3.05, 3.63) is 15.6 Å². The van der Waals surface area contributed by atoms with Gasteiger partial charge in [0, 0.05) is 25.6 Å². The van der Waals surface area contributed by atoms with E-state index in [1.165, 1.54) is 25.7 Å². The highest BCUT2D eigenvalue weighted by molar-refractivity contribution is 7.11. The lowest BCUT2D eigenvalue weighted by atomic mass is 9.95. The normalized spacial score (nSPS) is 19.3. The molecule has 0 unspecified atom stereocenters. The maximum atomic E-state index is 5.90. The summed E-state index contributed by atoms with van der Waals surface area (Å²) in [6, 6.07) is 0. The van der Waals surface area contributed by atoms with Crippen LogP contribution in [-0.4, -0.2) is 19.2 Å². The second-order valence-electron chi connectivity index (χ2n) is 5.14. The van der Waals surface area contributed by atoms with E-state index in [0.717, 1.165) is 28.4 Å². The number of nitrogens with two attached hydrogens (primary N) is 1. The van der Waals surface area contributed by atoms with Crippen molar-refractivity contribution < 1.29 is 9.47 Å². The van der Waals surface area contributed by atoms with Crippen LogP contribution < -0.4 is 5.73 Å². The van der Waals surface area contributed by atoms with E-state index in [2.05, 4.69) is 0 Å². The van der Waals surface area contributed by atoms with Crippen LogP contribution >= 0.6 is 11.3 Å². The molecule has 0 aromatic carbocycles. The summed E-state index contributed by atoms with van der Waals surface area (Å²) in [5, 5.41) is 1.09. The first kappa shape index (κ1) is 14.9. The smallest absolute Gasteiger partial charge is 0.125 e. The Balaban J connectivity index is 2.31. The highest BCUT2D eigenvalue weighted by Gasteiger charge is 2.36. The fourth-order valence-electron chi connectivity index (χ4n) is 2.79. The van der Waals surface area contributed by atoms with Crippen molar-refractivity contribution in [3.63, 3.8) is 0 Å². The van der Waals surface area contributed by atoms with Crippen LogP contribution in [0.4, 0.5) is 0 Å². The zero-order valence-electron chi connectivity index (χ0n) is 11.9. The summed E-state index contributed by atoms with van der Waals surface area (Å²) < 4.78 is 11.1. The van der Waals surface area contributed by atoms with Gasteiger partial charge in [0.05, 0.1) is 12.3 Å². The molecule has 0 saturated heterocycles. The summed E-state index contributed by atoms with van der Waals surface area (Å²) in [6.45, 7) is 1.05. The molecule has 1 fully saturated rings. The molecule has 4 nitrogen and oxygen atoms in total. The fraction of sp³-hybridized carbons (Fsp3) is 0.786. The average Bonchev–Trinajstić information content (AvgIpc) is 2.69. The second-order valence-corrected chi connectivity index (χ2v) is 6.22. The zero-order chi connectivity index (χ0) is 13.7. The summed E-state index contributed by atoms with van der Waals surface area (Å²) in [7, 11) is 3.50. The third-order valence-electron chi connectivity index (χ3n) is 3.94. The number of hydrogen-bond acceptors (Lipinski definition) is 5. The monoisotopic (exact) mass is 284 g/mol. The number of nitrogens with zero attached hydrogens (tertiary/aromatic N) is 1. The van der Waals surface area contributed by atoms with Crippen molar-refractivity contribution in [2.45, 2.75) is 57.3 Å². The van der Waals surface area contributed by atoms with Gasteiger partial charge in [0.1, 0.15) is 10.6 Å². The summed E-state index contributed by atoms with van der Waals surface area (Å²) in [4.78, 5) is 5.89. The van der Waals surface area contributed by atoms with Crippen molar-refractivity contribution in [1.82, 2.24) is 4.98 Å². The van der Waals surface area contributed by atoms with Gasteiger partial charge in [0.25, 0.3) is 0 Å². The Morgan fingerprint density at radius 1 is 1.21 bits per heavy atom. The Morgan fingerprint density at radius 3 is 2.42 bits per heavy atom. The Morgan fingerprint density at radius 2 is 1.89 bits per heavy atom. The molecular weight excluding hydrogens is 260 g/mol. The van der Waals surface area contributed by atoms with Crippen LogP contribution in [-0.2, 0) is 28.2 Å². The van der Waals surface area contributed by atoms with E-state index in [0.29, 0.717) is 13.2 Å². The highest BCUT2D eigenvalue weighted by Crippen LogP contribution is 2.41. The lowest BCUT2D eigenvalue weighted by Crippen LogP contribution is -2.27. The van der Waals surface area contributed by atoms with Gasteiger partial charge in [0.15, 0.2) is 0 Å².